The Labute approximate surface area is 163 Å². The molecule has 0 aliphatic heterocycles. The second-order valence-electron chi connectivity index (χ2n) is 6.29. The van der Waals surface area contributed by atoms with Gasteiger partial charge < -0.3 is 10.1 Å². The highest BCUT2D eigenvalue weighted by Gasteiger charge is 2.28. The summed E-state index contributed by atoms with van der Waals surface area (Å²) in [7, 11) is 0. The Morgan fingerprint density at radius 3 is 2.96 bits per heavy atom. The van der Waals surface area contributed by atoms with Gasteiger partial charge >= 0.3 is 5.97 Å². The van der Waals surface area contributed by atoms with Crippen LogP contribution in [-0.4, -0.2) is 36.5 Å². The first-order chi connectivity index (χ1) is 13.1. The number of thiophene rings is 1. The number of carbonyl (C=O) groups is 2. The maximum Gasteiger partial charge on any atom is 0.341 e. The van der Waals surface area contributed by atoms with Crippen molar-refractivity contribution in [1.82, 2.24) is 4.90 Å². The third-order valence-corrected chi connectivity index (χ3v) is 5.43. The van der Waals surface area contributed by atoms with Crippen LogP contribution in [0.15, 0.2) is 35.7 Å². The fourth-order valence-corrected chi connectivity index (χ4v) is 4.23. The largest absolute Gasteiger partial charge is 0.462 e. The predicted molar refractivity (Wildman–Crippen MR) is 107 cm³/mol. The smallest absolute Gasteiger partial charge is 0.341 e. The van der Waals surface area contributed by atoms with E-state index < -0.39 is 5.97 Å². The third-order valence-electron chi connectivity index (χ3n) is 4.60. The zero-order valence-corrected chi connectivity index (χ0v) is 16.1. The number of fused-ring (bicyclic) bond motifs is 1. The van der Waals surface area contributed by atoms with E-state index >= 15 is 0 Å². The molecule has 1 N–H and O–H groups in total. The fraction of sp³-hybridized carbons (Fsp3) is 0.333. The lowest BCUT2D eigenvalue weighted by Crippen LogP contribution is -2.36. The Balaban J connectivity index is 1.70. The van der Waals surface area contributed by atoms with Gasteiger partial charge in [0.25, 0.3) is 0 Å². The van der Waals surface area contributed by atoms with Crippen molar-refractivity contribution in [1.29, 1.82) is 0 Å². The number of esters is 1. The van der Waals surface area contributed by atoms with E-state index in [0.717, 1.165) is 12.8 Å². The molecule has 0 fully saturated rings. The number of aryl methyl sites for hydroxylation is 1. The number of carbonyl (C=O) groups excluding carboxylic acids is 2. The summed E-state index contributed by atoms with van der Waals surface area (Å²) in [4.78, 5) is 26.6. The molecule has 0 bridgehead atoms. The summed E-state index contributed by atoms with van der Waals surface area (Å²) in [5.74, 6) is 2.04. The average Bonchev–Trinajstić information content (AvgIpc) is 3.28. The van der Waals surface area contributed by atoms with E-state index in [1.54, 1.807) is 18.4 Å². The SMILES string of the molecule is C#CCN(CC(=O)Nc1sccc1C(=O)OCC)[C@@H]1CCc2ccccc21. The van der Waals surface area contributed by atoms with E-state index in [4.69, 9.17) is 11.2 Å². The molecule has 1 aliphatic carbocycles. The Bertz CT molecular complexity index is 868. The molecular weight excluding hydrogens is 360 g/mol. The van der Waals surface area contributed by atoms with E-state index in [1.165, 1.54) is 22.5 Å². The standard InChI is InChI=1S/C21H22N2O3S/c1-3-12-23(18-10-9-15-7-5-6-8-16(15)18)14-19(24)22-20-17(11-13-27-20)21(25)26-4-2/h1,5-8,11,13,18H,4,9-10,12,14H2,2H3,(H,22,24)/t18-/m1/s1. The van der Waals surface area contributed by atoms with Gasteiger partial charge in [0.15, 0.2) is 0 Å². The number of nitrogens with zero attached hydrogens (tertiary/aromatic N) is 1. The number of hydrogen-bond acceptors (Lipinski definition) is 5. The second kappa shape index (κ2) is 8.85. The first-order valence-corrected chi connectivity index (χ1v) is 9.81. The van der Waals surface area contributed by atoms with Crippen molar-refractivity contribution in [2.24, 2.45) is 0 Å². The van der Waals surface area contributed by atoms with Gasteiger partial charge in [0.2, 0.25) is 5.91 Å². The number of anilines is 1. The molecular formula is C21H22N2O3S. The maximum absolute atomic E-state index is 12.6. The number of ether oxygens (including phenoxy) is 1. The summed E-state index contributed by atoms with van der Waals surface area (Å²) in [6, 6.07) is 10.1. The Kier molecular flexibility index (Phi) is 6.28. The highest BCUT2D eigenvalue weighted by molar-refractivity contribution is 7.14. The first kappa shape index (κ1) is 19.2. The second-order valence-corrected chi connectivity index (χ2v) is 7.21. The van der Waals surface area contributed by atoms with Crippen molar-refractivity contribution in [3.8, 4) is 12.3 Å². The number of amides is 1. The third kappa shape index (κ3) is 4.38. The topological polar surface area (TPSA) is 58.6 Å². The van der Waals surface area contributed by atoms with E-state index in [0.29, 0.717) is 23.7 Å². The molecule has 0 radical (unpaired) electrons. The van der Waals surface area contributed by atoms with Crippen LogP contribution in [0.4, 0.5) is 5.00 Å². The van der Waals surface area contributed by atoms with Crippen LogP contribution in [-0.2, 0) is 16.0 Å². The van der Waals surface area contributed by atoms with Crippen molar-refractivity contribution in [3.05, 3.63) is 52.4 Å². The van der Waals surface area contributed by atoms with Gasteiger partial charge in [-0.3, -0.25) is 9.69 Å². The van der Waals surface area contributed by atoms with E-state index in [9.17, 15) is 9.59 Å². The molecule has 0 unspecified atom stereocenters. The molecule has 0 spiro atoms. The van der Waals surface area contributed by atoms with Crippen LogP contribution in [0, 0.1) is 12.3 Å². The molecule has 0 saturated heterocycles. The summed E-state index contributed by atoms with van der Waals surface area (Å²) in [5, 5.41) is 5.10. The highest BCUT2D eigenvalue weighted by atomic mass is 32.1. The number of rotatable bonds is 7. The van der Waals surface area contributed by atoms with Crippen molar-refractivity contribution >= 4 is 28.2 Å². The van der Waals surface area contributed by atoms with E-state index in [2.05, 4.69) is 23.4 Å². The van der Waals surface area contributed by atoms with Gasteiger partial charge in [0.05, 0.1) is 25.3 Å². The van der Waals surface area contributed by atoms with E-state index in [-0.39, 0.29) is 18.5 Å². The zero-order valence-electron chi connectivity index (χ0n) is 15.2. The minimum Gasteiger partial charge on any atom is -0.462 e. The average molecular weight is 382 g/mol. The zero-order chi connectivity index (χ0) is 19.2. The minimum atomic E-state index is -0.431. The number of terminal acetylenes is 1. The van der Waals surface area contributed by atoms with E-state index in [1.807, 2.05) is 17.0 Å². The van der Waals surface area contributed by atoms with Gasteiger partial charge in [-0.25, -0.2) is 4.79 Å². The molecule has 1 heterocycles. The maximum atomic E-state index is 12.6. The van der Waals surface area contributed by atoms with Crippen LogP contribution < -0.4 is 5.32 Å². The normalized spacial score (nSPS) is 15.2. The molecule has 1 aliphatic rings. The minimum absolute atomic E-state index is 0.135. The Hall–Kier alpha value is -2.62. The Morgan fingerprint density at radius 2 is 2.19 bits per heavy atom. The van der Waals surface area contributed by atoms with Gasteiger partial charge in [-0.15, -0.1) is 17.8 Å². The lowest BCUT2D eigenvalue weighted by atomic mass is 10.1. The monoisotopic (exact) mass is 382 g/mol. The molecule has 1 aromatic carbocycles. The summed E-state index contributed by atoms with van der Waals surface area (Å²) in [6.45, 7) is 2.60. The molecule has 6 heteroatoms. The molecule has 140 valence electrons. The molecule has 1 aromatic heterocycles. The summed E-state index contributed by atoms with van der Waals surface area (Å²) >= 11 is 1.30. The lowest BCUT2D eigenvalue weighted by Gasteiger charge is -2.27. The quantitative estimate of drug-likeness (QED) is 0.588. The molecule has 3 rings (SSSR count). The lowest BCUT2D eigenvalue weighted by molar-refractivity contribution is -0.117. The molecule has 5 nitrogen and oxygen atoms in total. The van der Waals surface area contributed by atoms with Crippen molar-refractivity contribution in [2.45, 2.75) is 25.8 Å². The van der Waals surface area contributed by atoms with Gasteiger partial charge in [-0.2, -0.15) is 0 Å². The van der Waals surface area contributed by atoms with Gasteiger partial charge in [0, 0.05) is 6.04 Å². The van der Waals surface area contributed by atoms with Gasteiger partial charge in [-0.1, -0.05) is 30.2 Å². The van der Waals surface area contributed by atoms with Crippen LogP contribution in [0.2, 0.25) is 0 Å². The fourth-order valence-electron chi connectivity index (χ4n) is 3.43. The summed E-state index contributed by atoms with van der Waals surface area (Å²) in [6.07, 6.45) is 7.48. The number of benzene rings is 1. The molecule has 1 amide bonds. The first-order valence-electron chi connectivity index (χ1n) is 8.93. The summed E-state index contributed by atoms with van der Waals surface area (Å²) < 4.78 is 5.03. The van der Waals surface area contributed by atoms with Crippen LogP contribution in [0.5, 0.6) is 0 Å². The van der Waals surface area contributed by atoms with Crippen LogP contribution >= 0.6 is 11.3 Å². The number of hydrogen-bond donors (Lipinski definition) is 1. The van der Waals surface area contributed by atoms with Crippen molar-refractivity contribution < 1.29 is 14.3 Å². The molecule has 1 atom stereocenters. The van der Waals surface area contributed by atoms with Gasteiger partial charge in [0.1, 0.15) is 5.00 Å². The molecule has 27 heavy (non-hydrogen) atoms. The molecule has 2 aromatic rings. The Morgan fingerprint density at radius 1 is 1.37 bits per heavy atom. The van der Waals surface area contributed by atoms with Crippen LogP contribution in [0.3, 0.4) is 0 Å². The molecule has 0 saturated carbocycles. The summed E-state index contributed by atoms with van der Waals surface area (Å²) in [5.41, 5.74) is 2.93. The highest BCUT2D eigenvalue weighted by Crippen LogP contribution is 2.35. The van der Waals surface area contributed by atoms with Crippen molar-refractivity contribution in [2.75, 3.05) is 25.0 Å². The van der Waals surface area contributed by atoms with Crippen LogP contribution in [0.25, 0.3) is 0 Å². The van der Waals surface area contributed by atoms with Crippen LogP contribution in [0.1, 0.15) is 40.9 Å². The number of nitrogens with one attached hydrogen (secondary N) is 1. The predicted octanol–water partition coefficient (Wildman–Crippen LogP) is 3.49. The van der Waals surface area contributed by atoms with Crippen molar-refractivity contribution in [3.63, 3.8) is 0 Å². The van der Waals surface area contributed by atoms with Gasteiger partial charge in [-0.05, 0) is 42.3 Å².